The number of hydrogen-bond acceptors (Lipinski definition) is 9. The number of carbonyl (C=O) groups is 3. The van der Waals surface area contributed by atoms with Crippen molar-refractivity contribution >= 4 is 29.5 Å². The second-order valence-electron chi connectivity index (χ2n) is 8.88. The minimum absolute atomic E-state index is 0.0502. The van der Waals surface area contributed by atoms with Crippen LogP contribution in [0, 0.1) is 0 Å². The third-order valence-corrected chi connectivity index (χ3v) is 6.90. The molecule has 15 heteroatoms. The zero-order valence-corrected chi connectivity index (χ0v) is 22.1. The Balaban J connectivity index is 2.15. The van der Waals surface area contributed by atoms with Gasteiger partial charge in [0.15, 0.2) is 0 Å². The van der Waals surface area contributed by atoms with Gasteiger partial charge in [-0.3, -0.25) is 9.59 Å². The van der Waals surface area contributed by atoms with E-state index in [2.05, 4.69) is 10.6 Å². The van der Waals surface area contributed by atoms with Crippen molar-refractivity contribution in [1.82, 2.24) is 10.6 Å². The zero-order chi connectivity index (χ0) is 29.4. The first-order chi connectivity index (χ1) is 18.2. The summed E-state index contributed by atoms with van der Waals surface area (Å²) in [6, 6.07) is 1.95. The van der Waals surface area contributed by atoms with Gasteiger partial charge in [0.2, 0.25) is 5.91 Å². The normalized spacial score (nSPS) is 25.0. The SMILES string of the molecule is CCSCCCO[C@]1(C(=O)O)CC(O)[C@@H](NC(C)=O)C([C@H](O)[C@H](O)CNC(=O)c2ccc(C(F)(F)F)cc2)O1. The molecular formula is C24H33F3N2O9S. The van der Waals surface area contributed by atoms with Crippen LogP contribution >= 0.6 is 11.8 Å². The number of carboxylic acid groups (broad SMARTS) is 1. The summed E-state index contributed by atoms with van der Waals surface area (Å²) in [6.45, 7) is 2.40. The lowest BCUT2D eigenvalue weighted by Crippen LogP contribution is -2.68. The van der Waals surface area contributed by atoms with E-state index >= 15 is 0 Å². The molecule has 2 amide bonds. The van der Waals surface area contributed by atoms with E-state index < -0.39 is 78.7 Å². The van der Waals surface area contributed by atoms with E-state index in [9.17, 15) is 48.0 Å². The number of halogens is 3. The summed E-state index contributed by atoms with van der Waals surface area (Å²) in [4.78, 5) is 36.2. The molecule has 0 radical (unpaired) electrons. The number of carbonyl (C=O) groups excluding carboxylic acids is 2. The van der Waals surface area contributed by atoms with Crippen molar-refractivity contribution in [3.63, 3.8) is 0 Å². The Labute approximate surface area is 227 Å². The Morgan fingerprint density at radius 3 is 2.41 bits per heavy atom. The van der Waals surface area contributed by atoms with Crippen molar-refractivity contribution < 1.29 is 57.5 Å². The van der Waals surface area contributed by atoms with Crippen molar-refractivity contribution in [2.75, 3.05) is 24.7 Å². The van der Waals surface area contributed by atoms with Gasteiger partial charge in [-0.25, -0.2) is 4.79 Å². The third kappa shape index (κ3) is 9.05. The van der Waals surface area contributed by atoms with Gasteiger partial charge in [0.05, 0.1) is 30.4 Å². The first kappa shape index (κ1) is 32.8. The first-order valence-electron chi connectivity index (χ1n) is 12.1. The maximum atomic E-state index is 12.7. The van der Waals surface area contributed by atoms with E-state index in [0.717, 1.165) is 24.8 Å². The molecule has 6 atom stereocenters. The monoisotopic (exact) mass is 582 g/mol. The maximum absolute atomic E-state index is 12.7. The van der Waals surface area contributed by atoms with Gasteiger partial charge in [0.25, 0.3) is 11.7 Å². The molecule has 0 spiro atoms. The Kier molecular flexibility index (Phi) is 12.0. The number of aliphatic carboxylic acids is 1. The highest BCUT2D eigenvalue weighted by atomic mass is 32.2. The molecule has 0 bridgehead atoms. The second kappa shape index (κ2) is 14.3. The number of nitrogens with one attached hydrogen (secondary N) is 2. The summed E-state index contributed by atoms with van der Waals surface area (Å²) >= 11 is 1.60. The number of hydrogen-bond donors (Lipinski definition) is 6. The van der Waals surface area contributed by atoms with E-state index in [0.29, 0.717) is 24.3 Å². The van der Waals surface area contributed by atoms with E-state index in [1.165, 1.54) is 0 Å². The molecule has 1 aliphatic rings. The molecule has 1 aromatic rings. The Morgan fingerprint density at radius 2 is 1.87 bits per heavy atom. The molecule has 0 aromatic heterocycles. The summed E-state index contributed by atoms with van der Waals surface area (Å²) < 4.78 is 49.3. The molecule has 1 heterocycles. The van der Waals surface area contributed by atoms with Crippen LogP contribution in [0.25, 0.3) is 0 Å². The number of amides is 2. The van der Waals surface area contributed by atoms with E-state index in [-0.39, 0.29) is 12.2 Å². The number of alkyl halides is 3. The number of carboxylic acids is 1. The van der Waals surface area contributed by atoms with Gasteiger partial charge in [-0.1, -0.05) is 6.92 Å². The third-order valence-electron chi connectivity index (χ3n) is 5.92. The molecule has 11 nitrogen and oxygen atoms in total. The maximum Gasteiger partial charge on any atom is 0.416 e. The van der Waals surface area contributed by atoms with Gasteiger partial charge < -0.3 is 40.5 Å². The van der Waals surface area contributed by atoms with Crippen LogP contribution in [0.2, 0.25) is 0 Å². The largest absolute Gasteiger partial charge is 0.477 e. The molecule has 0 aliphatic carbocycles. The molecule has 0 saturated carbocycles. The van der Waals surface area contributed by atoms with Crippen LogP contribution in [0.5, 0.6) is 0 Å². The van der Waals surface area contributed by atoms with Crippen LogP contribution in [0.4, 0.5) is 13.2 Å². The van der Waals surface area contributed by atoms with Gasteiger partial charge >= 0.3 is 12.1 Å². The van der Waals surface area contributed by atoms with Crippen LogP contribution in [0.3, 0.4) is 0 Å². The Morgan fingerprint density at radius 1 is 1.23 bits per heavy atom. The highest BCUT2D eigenvalue weighted by Crippen LogP contribution is 2.34. The number of thioether (sulfide) groups is 1. The highest BCUT2D eigenvalue weighted by Gasteiger charge is 2.55. The Bertz CT molecular complexity index is 983. The predicted molar refractivity (Wildman–Crippen MR) is 133 cm³/mol. The fourth-order valence-electron chi connectivity index (χ4n) is 3.94. The predicted octanol–water partition coefficient (Wildman–Crippen LogP) is 0.752. The van der Waals surface area contributed by atoms with Crippen molar-refractivity contribution in [3.05, 3.63) is 35.4 Å². The van der Waals surface area contributed by atoms with E-state index in [1.807, 2.05) is 6.92 Å². The average Bonchev–Trinajstić information content (AvgIpc) is 2.87. The number of aliphatic hydroxyl groups is 3. The molecule has 2 unspecified atom stereocenters. The fourth-order valence-corrected chi connectivity index (χ4v) is 4.55. The van der Waals surface area contributed by atoms with Crippen LogP contribution in [0.1, 0.15) is 42.6 Å². The molecule has 6 N–H and O–H groups in total. The van der Waals surface area contributed by atoms with Gasteiger partial charge in [-0.05, 0) is 42.2 Å². The summed E-state index contributed by atoms with van der Waals surface area (Å²) in [5.74, 6) is -3.95. The van der Waals surface area contributed by atoms with E-state index in [4.69, 9.17) is 9.47 Å². The number of aliphatic hydroxyl groups excluding tert-OH is 3. The lowest BCUT2D eigenvalue weighted by Gasteiger charge is -2.46. The second-order valence-corrected chi connectivity index (χ2v) is 10.3. The van der Waals surface area contributed by atoms with Crippen molar-refractivity contribution in [2.24, 2.45) is 0 Å². The van der Waals surface area contributed by atoms with E-state index in [1.54, 1.807) is 11.8 Å². The molecule has 1 aromatic carbocycles. The minimum Gasteiger partial charge on any atom is -0.477 e. The Hall–Kier alpha value is -2.43. The summed E-state index contributed by atoms with van der Waals surface area (Å²) in [6.07, 6.45) is -11.7. The number of benzene rings is 1. The highest BCUT2D eigenvalue weighted by molar-refractivity contribution is 7.99. The van der Waals surface area contributed by atoms with Gasteiger partial charge in [0, 0.05) is 25.5 Å². The number of rotatable bonds is 13. The lowest BCUT2D eigenvalue weighted by molar-refractivity contribution is -0.310. The molecule has 1 aliphatic heterocycles. The first-order valence-corrected chi connectivity index (χ1v) is 13.3. The quantitative estimate of drug-likeness (QED) is 0.182. The lowest BCUT2D eigenvalue weighted by atomic mass is 9.88. The van der Waals surface area contributed by atoms with Crippen LogP contribution < -0.4 is 10.6 Å². The summed E-state index contributed by atoms with van der Waals surface area (Å²) in [5.41, 5.74) is -1.11. The van der Waals surface area contributed by atoms with Gasteiger partial charge in [0.1, 0.15) is 12.2 Å². The van der Waals surface area contributed by atoms with Crippen LogP contribution in [0.15, 0.2) is 24.3 Å². The van der Waals surface area contributed by atoms with Crippen LogP contribution in [-0.2, 0) is 25.2 Å². The van der Waals surface area contributed by atoms with Crippen molar-refractivity contribution in [3.8, 4) is 0 Å². The molecular weight excluding hydrogens is 549 g/mol. The van der Waals surface area contributed by atoms with Crippen molar-refractivity contribution in [2.45, 2.75) is 69.1 Å². The molecule has 1 saturated heterocycles. The smallest absolute Gasteiger partial charge is 0.416 e. The summed E-state index contributed by atoms with van der Waals surface area (Å²) in [7, 11) is 0. The molecule has 1 fully saturated rings. The molecule has 39 heavy (non-hydrogen) atoms. The number of ether oxygens (including phenoxy) is 2. The zero-order valence-electron chi connectivity index (χ0n) is 21.3. The van der Waals surface area contributed by atoms with Crippen LogP contribution in [-0.4, -0.2) is 99.1 Å². The van der Waals surface area contributed by atoms with Gasteiger partial charge in [-0.15, -0.1) is 0 Å². The standard InChI is InChI=1S/C24H33F3N2O9S/c1-3-39-10-4-9-37-23(22(35)36)11-16(31)18(29-13(2)30)20(38-23)19(33)17(32)12-28-21(34)14-5-7-15(8-6-14)24(25,26)27/h5-8,16-20,31-33H,3-4,9-12H2,1-2H3,(H,28,34)(H,29,30)(H,35,36)/t16?,17-,18-,19-,20?,23-/m1/s1. The molecule has 220 valence electrons. The van der Waals surface area contributed by atoms with Gasteiger partial charge in [-0.2, -0.15) is 24.9 Å². The topological polar surface area (TPSA) is 175 Å². The van der Waals surface area contributed by atoms with Crippen molar-refractivity contribution in [1.29, 1.82) is 0 Å². The minimum atomic E-state index is -4.59. The fraction of sp³-hybridized carbons (Fsp3) is 0.625. The summed E-state index contributed by atoms with van der Waals surface area (Å²) in [5, 5.41) is 46.6. The average molecular weight is 583 g/mol. The molecule has 2 rings (SSSR count).